The molecule has 3 rings (SSSR count). The van der Waals surface area contributed by atoms with Crippen LogP contribution in [-0.4, -0.2) is 20.6 Å². The van der Waals surface area contributed by atoms with Gasteiger partial charge in [0.2, 0.25) is 0 Å². The number of nitro groups is 1. The Morgan fingerprint density at radius 2 is 1.92 bits per heavy atom. The monoisotopic (exact) mass is 354 g/mol. The minimum absolute atomic E-state index is 0.142. The number of carbonyl (C=O) groups excluding carboxylic acids is 1. The van der Waals surface area contributed by atoms with Crippen molar-refractivity contribution in [3.05, 3.63) is 81.3 Å². The highest BCUT2D eigenvalue weighted by Crippen LogP contribution is 2.24. The summed E-state index contributed by atoms with van der Waals surface area (Å²) in [5.41, 5.74) is 1.05. The van der Waals surface area contributed by atoms with E-state index in [0.717, 1.165) is 0 Å². The molecule has 7 nitrogen and oxygen atoms in total. The number of aromatic nitrogens is 2. The summed E-state index contributed by atoms with van der Waals surface area (Å²) in [5.74, 6) is -0.759. The van der Waals surface area contributed by atoms with Gasteiger partial charge in [0.05, 0.1) is 10.6 Å². The fourth-order valence-electron chi connectivity index (χ4n) is 2.65. The topological polar surface area (TPSA) is 90.1 Å². The maximum Gasteiger partial charge on any atom is 0.273 e. The van der Waals surface area contributed by atoms with Gasteiger partial charge in [-0.2, -0.15) is 5.10 Å². The largest absolute Gasteiger partial charge is 0.306 e. The number of hydrogen-bond donors (Lipinski definition) is 1. The van der Waals surface area contributed by atoms with E-state index < -0.39 is 16.6 Å². The summed E-state index contributed by atoms with van der Waals surface area (Å²) in [4.78, 5) is 23.1. The van der Waals surface area contributed by atoms with Crippen LogP contribution in [0.3, 0.4) is 0 Å². The first kappa shape index (κ1) is 17.3. The van der Waals surface area contributed by atoms with Crippen molar-refractivity contribution < 1.29 is 14.1 Å². The van der Waals surface area contributed by atoms with Crippen molar-refractivity contribution in [1.29, 1.82) is 0 Å². The van der Waals surface area contributed by atoms with Gasteiger partial charge in [0.1, 0.15) is 17.3 Å². The number of halogens is 1. The van der Waals surface area contributed by atoms with Gasteiger partial charge in [0.25, 0.3) is 11.6 Å². The Bertz CT molecular complexity index is 1010. The molecule has 1 amide bonds. The van der Waals surface area contributed by atoms with E-state index in [-0.39, 0.29) is 28.3 Å². The molecular formula is C18H15FN4O3. The number of carbonyl (C=O) groups is 1. The van der Waals surface area contributed by atoms with Gasteiger partial charge in [-0.05, 0) is 32.0 Å². The van der Waals surface area contributed by atoms with Crippen LogP contribution in [0.1, 0.15) is 21.6 Å². The fourth-order valence-corrected chi connectivity index (χ4v) is 2.65. The fraction of sp³-hybridized carbons (Fsp3) is 0.111. The minimum Gasteiger partial charge on any atom is -0.306 e. The first-order valence-electron chi connectivity index (χ1n) is 7.75. The van der Waals surface area contributed by atoms with Crippen LogP contribution in [0.2, 0.25) is 0 Å². The molecule has 0 bridgehead atoms. The minimum atomic E-state index is -0.542. The first-order valence-corrected chi connectivity index (χ1v) is 7.75. The lowest BCUT2D eigenvalue weighted by Crippen LogP contribution is -2.17. The SMILES string of the molecule is Cc1cc(NC(=O)c2cccc([N+](=O)[O-])c2C)n(-c2ccccc2F)n1. The summed E-state index contributed by atoms with van der Waals surface area (Å²) in [6.45, 7) is 3.22. The normalized spacial score (nSPS) is 10.6. The van der Waals surface area contributed by atoms with E-state index in [0.29, 0.717) is 5.69 Å². The summed E-state index contributed by atoms with van der Waals surface area (Å²) >= 11 is 0. The summed E-state index contributed by atoms with van der Waals surface area (Å²) in [5, 5.41) is 17.9. The predicted octanol–water partition coefficient (Wildman–Crippen LogP) is 3.79. The van der Waals surface area contributed by atoms with E-state index in [1.807, 2.05) is 0 Å². The molecule has 1 N–H and O–H groups in total. The number of aryl methyl sites for hydroxylation is 1. The standard InChI is InChI=1S/C18H15FN4O3/c1-11-10-17(22(21-11)16-8-4-3-7-14(16)19)20-18(24)13-6-5-9-15(12(13)2)23(25)26/h3-10H,1-2H3,(H,20,24). The molecule has 2 aromatic carbocycles. The van der Waals surface area contributed by atoms with Crippen LogP contribution in [0.15, 0.2) is 48.5 Å². The van der Waals surface area contributed by atoms with Gasteiger partial charge in [-0.1, -0.05) is 18.2 Å². The number of rotatable bonds is 4. The lowest BCUT2D eigenvalue weighted by Gasteiger charge is -2.11. The van der Waals surface area contributed by atoms with Gasteiger partial charge < -0.3 is 5.32 Å². The van der Waals surface area contributed by atoms with Crippen molar-refractivity contribution in [2.75, 3.05) is 5.32 Å². The molecule has 0 unspecified atom stereocenters. The van der Waals surface area contributed by atoms with Gasteiger partial charge in [0.15, 0.2) is 0 Å². The van der Waals surface area contributed by atoms with Gasteiger partial charge >= 0.3 is 0 Å². The number of amides is 1. The summed E-state index contributed by atoms with van der Waals surface area (Å²) in [6, 6.07) is 11.9. The molecule has 0 aliphatic heterocycles. The summed E-state index contributed by atoms with van der Waals surface area (Å²) in [6.07, 6.45) is 0. The highest BCUT2D eigenvalue weighted by atomic mass is 19.1. The van der Waals surface area contributed by atoms with Crippen molar-refractivity contribution in [3.63, 3.8) is 0 Å². The van der Waals surface area contributed by atoms with E-state index >= 15 is 0 Å². The molecule has 0 aliphatic carbocycles. The molecule has 1 heterocycles. The molecule has 0 fully saturated rings. The van der Waals surface area contributed by atoms with E-state index in [9.17, 15) is 19.3 Å². The van der Waals surface area contributed by atoms with Crippen LogP contribution in [0.4, 0.5) is 15.9 Å². The number of benzene rings is 2. The van der Waals surface area contributed by atoms with E-state index in [1.54, 1.807) is 25.1 Å². The number of hydrogen-bond acceptors (Lipinski definition) is 4. The first-order chi connectivity index (χ1) is 12.4. The number of anilines is 1. The average Bonchev–Trinajstić information content (AvgIpc) is 2.95. The second-order valence-electron chi connectivity index (χ2n) is 5.70. The van der Waals surface area contributed by atoms with Crippen LogP contribution < -0.4 is 5.32 Å². The molecule has 3 aromatic rings. The Balaban J connectivity index is 1.98. The Morgan fingerprint density at radius 1 is 1.19 bits per heavy atom. The average molecular weight is 354 g/mol. The van der Waals surface area contributed by atoms with Crippen molar-refractivity contribution in [2.24, 2.45) is 0 Å². The number of nitro benzene ring substituents is 1. The van der Waals surface area contributed by atoms with Gasteiger partial charge in [-0.15, -0.1) is 0 Å². The second-order valence-corrected chi connectivity index (χ2v) is 5.70. The maximum absolute atomic E-state index is 14.1. The Morgan fingerprint density at radius 3 is 2.62 bits per heavy atom. The van der Waals surface area contributed by atoms with Crippen LogP contribution in [0.5, 0.6) is 0 Å². The number of nitrogens with one attached hydrogen (secondary N) is 1. The Labute approximate surface area is 148 Å². The molecule has 1 aromatic heterocycles. The molecule has 0 spiro atoms. The van der Waals surface area contributed by atoms with Crippen molar-refractivity contribution >= 4 is 17.4 Å². The van der Waals surface area contributed by atoms with Crippen molar-refractivity contribution in [1.82, 2.24) is 9.78 Å². The molecule has 132 valence electrons. The molecule has 0 atom stereocenters. The van der Waals surface area contributed by atoms with E-state index in [4.69, 9.17) is 0 Å². The third-order valence-corrected chi connectivity index (χ3v) is 3.90. The van der Waals surface area contributed by atoms with Crippen LogP contribution in [0.25, 0.3) is 5.69 Å². The van der Waals surface area contributed by atoms with Crippen molar-refractivity contribution in [2.45, 2.75) is 13.8 Å². The van der Waals surface area contributed by atoms with Crippen molar-refractivity contribution in [3.8, 4) is 5.69 Å². The third-order valence-electron chi connectivity index (χ3n) is 3.90. The van der Waals surface area contributed by atoms with Gasteiger partial charge in [0, 0.05) is 23.3 Å². The van der Waals surface area contributed by atoms with Crippen LogP contribution in [-0.2, 0) is 0 Å². The molecule has 0 saturated heterocycles. The maximum atomic E-state index is 14.1. The second kappa shape index (κ2) is 6.75. The summed E-state index contributed by atoms with van der Waals surface area (Å²) in [7, 11) is 0. The molecule has 8 heteroatoms. The van der Waals surface area contributed by atoms with Gasteiger partial charge in [-0.3, -0.25) is 14.9 Å². The predicted molar refractivity (Wildman–Crippen MR) is 94.0 cm³/mol. The number of para-hydroxylation sites is 1. The zero-order chi connectivity index (χ0) is 18.8. The van der Waals surface area contributed by atoms with E-state index in [2.05, 4.69) is 10.4 Å². The highest BCUT2D eigenvalue weighted by molar-refractivity contribution is 6.05. The Kier molecular flexibility index (Phi) is 4.49. The van der Waals surface area contributed by atoms with E-state index in [1.165, 1.54) is 41.9 Å². The van der Waals surface area contributed by atoms with Crippen LogP contribution in [0, 0.1) is 29.8 Å². The van der Waals surface area contributed by atoms with Crippen LogP contribution >= 0.6 is 0 Å². The Hall–Kier alpha value is -3.55. The number of nitrogens with zero attached hydrogens (tertiary/aromatic N) is 3. The summed E-state index contributed by atoms with van der Waals surface area (Å²) < 4.78 is 15.4. The molecule has 0 radical (unpaired) electrons. The highest BCUT2D eigenvalue weighted by Gasteiger charge is 2.20. The molecular weight excluding hydrogens is 339 g/mol. The lowest BCUT2D eigenvalue weighted by atomic mass is 10.1. The zero-order valence-electron chi connectivity index (χ0n) is 14.1. The molecule has 0 saturated carbocycles. The quantitative estimate of drug-likeness (QED) is 0.570. The molecule has 26 heavy (non-hydrogen) atoms. The third kappa shape index (κ3) is 3.16. The van der Waals surface area contributed by atoms with Gasteiger partial charge in [-0.25, -0.2) is 9.07 Å². The zero-order valence-corrected chi connectivity index (χ0v) is 14.1. The smallest absolute Gasteiger partial charge is 0.273 e. The lowest BCUT2D eigenvalue weighted by molar-refractivity contribution is -0.385. The molecule has 0 aliphatic rings.